The van der Waals surface area contributed by atoms with Gasteiger partial charge < -0.3 is 4.55 Å². The van der Waals surface area contributed by atoms with E-state index >= 15 is 0 Å². The zero-order valence-corrected chi connectivity index (χ0v) is 26.9. The van der Waals surface area contributed by atoms with Crippen molar-refractivity contribution in [1.29, 1.82) is 0 Å². The Kier molecular flexibility index (Phi) is 24.3. The number of rotatable bonds is 24. The molecule has 0 aromatic heterocycles. The summed E-state index contributed by atoms with van der Waals surface area (Å²) < 4.78 is 33.6. The molecule has 1 aromatic carbocycles. The molecule has 0 saturated heterocycles. The van der Waals surface area contributed by atoms with Crippen molar-refractivity contribution in [2.45, 2.75) is 166 Å². The minimum absolute atomic E-state index is 0. The zero-order chi connectivity index (χ0) is 25.6. The summed E-state index contributed by atoms with van der Waals surface area (Å²) in [5.74, 6) is 0. The molecule has 0 spiro atoms. The Morgan fingerprint density at radius 1 is 0.583 bits per heavy atom. The van der Waals surface area contributed by atoms with E-state index in [1.807, 2.05) is 6.92 Å². The molecule has 0 N–H and O–H groups in total. The van der Waals surface area contributed by atoms with Crippen molar-refractivity contribution >= 4 is 10.1 Å². The molecule has 1 aromatic rings. The van der Waals surface area contributed by atoms with Crippen LogP contribution >= 0.6 is 0 Å². The van der Waals surface area contributed by atoms with Crippen molar-refractivity contribution in [2.24, 2.45) is 0 Å². The standard InChI is InChI=1S/C31H56O3S.Na/c1-3-4-5-6-7-8-9-10-11-12-13-14-15-16-17-18-19-20-21-22-23-24-25-30-28-31(35(32,33)34)27-26-29(30)2;/h26-28H,3-25H2,1-2H3,(H,32,33,34);/q;+1/p-1. The Hall–Kier alpha value is 0.130. The molecule has 3 nitrogen and oxygen atoms in total. The van der Waals surface area contributed by atoms with Crippen LogP contribution in [-0.2, 0) is 16.5 Å². The molecular weight excluding hydrogens is 475 g/mol. The SMILES string of the molecule is CCCCCCCCCCCCCCCCCCCCCCCCc1cc(S(=O)(=O)[O-])ccc1C.[Na+]. The van der Waals surface area contributed by atoms with Gasteiger partial charge in [0.05, 0.1) is 4.90 Å². The fourth-order valence-electron chi connectivity index (χ4n) is 5.00. The molecule has 0 fully saturated rings. The third kappa shape index (κ3) is 20.1. The summed E-state index contributed by atoms with van der Waals surface area (Å²) >= 11 is 0. The molecule has 0 saturated carbocycles. The molecule has 204 valence electrons. The number of hydrogen-bond donors (Lipinski definition) is 0. The van der Waals surface area contributed by atoms with Gasteiger partial charge in [0.25, 0.3) is 0 Å². The summed E-state index contributed by atoms with van der Waals surface area (Å²) in [6.07, 6.45) is 31.2. The molecule has 36 heavy (non-hydrogen) atoms. The number of unbranched alkanes of at least 4 members (excludes halogenated alkanes) is 21. The molecule has 0 heterocycles. The minimum Gasteiger partial charge on any atom is -0.744 e. The third-order valence-corrected chi connectivity index (χ3v) is 8.24. The van der Waals surface area contributed by atoms with Gasteiger partial charge in [-0.3, -0.25) is 0 Å². The number of hydrogen-bond acceptors (Lipinski definition) is 3. The van der Waals surface area contributed by atoms with Crippen LogP contribution in [0.4, 0.5) is 0 Å². The van der Waals surface area contributed by atoms with Gasteiger partial charge in [0.1, 0.15) is 10.1 Å². The van der Waals surface area contributed by atoms with Gasteiger partial charge in [-0.15, -0.1) is 0 Å². The molecule has 0 amide bonds. The van der Waals surface area contributed by atoms with E-state index < -0.39 is 10.1 Å². The van der Waals surface area contributed by atoms with E-state index in [2.05, 4.69) is 6.92 Å². The van der Waals surface area contributed by atoms with Crippen molar-refractivity contribution in [3.63, 3.8) is 0 Å². The summed E-state index contributed by atoms with van der Waals surface area (Å²) in [6.45, 7) is 4.27. The maximum atomic E-state index is 11.2. The Balaban J connectivity index is 0.0000122. The Bertz CT molecular complexity index is 733. The third-order valence-electron chi connectivity index (χ3n) is 7.41. The first kappa shape index (κ1) is 36.1. The first-order valence-electron chi connectivity index (χ1n) is 15.0. The van der Waals surface area contributed by atoms with Crippen LogP contribution in [0.3, 0.4) is 0 Å². The largest absolute Gasteiger partial charge is 1.00 e. The van der Waals surface area contributed by atoms with Crippen molar-refractivity contribution in [3.05, 3.63) is 29.3 Å². The van der Waals surface area contributed by atoms with Crippen LogP contribution in [0.1, 0.15) is 159 Å². The Morgan fingerprint density at radius 3 is 1.25 bits per heavy atom. The summed E-state index contributed by atoms with van der Waals surface area (Å²) in [5.41, 5.74) is 2.07. The number of aryl methyl sites for hydroxylation is 2. The van der Waals surface area contributed by atoms with Crippen LogP contribution in [0, 0.1) is 6.92 Å². The first-order valence-corrected chi connectivity index (χ1v) is 16.4. The van der Waals surface area contributed by atoms with E-state index in [1.54, 1.807) is 12.1 Å². The maximum Gasteiger partial charge on any atom is 1.00 e. The van der Waals surface area contributed by atoms with Gasteiger partial charge in [-0.1, -0.05) is 148 Å². The molecule has 0 aliphatic heterocycles. The van der Waals surface area contributed by atoms with Crippen LogP contribution in [0.25, 0.3) is 0 Å². The molecule has 1 rings (SSSR count). The average Bonchev–Trinajstić information content (AvgIpc) is 2.82. The zero-order valence-electron chi connectivity index (χ0n) is 24.1. The smallest absolute Gasteiger partial charge is 0.744 e. The van der Waals surface area contributed by atoms with Crippen molar-refractivity contribution < 1.29 is 42.5 Å². The molecule has 0 aliphatic carbocycles. The van der Waals surface area contributed by atoms with E-state index in [0.717, 1.165) is 24.0 Å². The van der Waals surface area contributed by atoms with Gasteiger partial charge in [-0.05, 0) is 43.0 Å². The van der Waals surface area contributed by atoms with Crippen molar-refractivity contribution in [3.8, 4) is 0 Å². The minimum atomic E-state index is -4.36. The summed E-state index contributed by atoms with van der Waals surface area (Å²) in [4.78, 5) is -0.100. The van der Waals surface area contributed by atoms with E-state index in [4.69, 9.17) is 0 Å². The Morgan fingerprint density at radius 2 is 0.917 bits per heavy atom. The predicted molar refractivity (Wildman–Crippen MR) is 150 cm³/mol. The second-order valence-corrected chi connectivity index (χ2v) is 12.1. The molecule has 0 aliphatic rings. The summed E-state index contributed by atoms with van der Waals surface area (Å²) in [5, 5.41) is 0. The van der Waals surface area contributed by atoms with Gasteiger partial charge in [0.2, 0.25) is 0 Å². The van der Waals surface area contributed by atoms with Gasteiger partial charge in [0.15, 0.2) is 0 Å². The normalized spacial score (nSPS) is 11.5. The van der Waals surface area contributed by atoms with Crippen molar-refractivity contribution in [2.75, 3.05) is 0 Å². The first-order chi connectivity index (χ1) is 16.9. The molecule has 5 heteroatoms. The molecule has 0 atom stereocenters. The van der Waals surface area contributed by atoms with E-state index in [0.29, 0.717) is 0 Å². The summed E-state index contributed by atoms with van der Waals surface area (Å²) in [6, 6.07) is 4.73. The predicted octanol–water partition coefficient (Wildman–Crippen LogP) is 7.05. The second-order valence-electron chi connectivity index (χ2n) is 10.7. The molecular formula is C31H55NaO3S. The fourth-order valence-corrected chi connectivity index (χ4v) is 5.52. The average molecular weight is 531 g/mol. The Labute approximate surface area is 247 Å². The van der Waals surface area contributed by atoms with E-state index in [-0.39, 0.29) is 34.5 Å². The van der Waals surface area contributed by atoms with Crippen LogP contribution in [0.15, 0.2) is 23.1 Å². The molecule has 0 radical (unpaired) electrons. The van der Waals surface area contributed by atoms with Crippen LogP contribution < -0.4 is 29.6 Å². The van der Waals surface area contributed by atoms with Gasteiger partial charge in [0, 0.05) is 0 Å². The monoisotopic (exact) mass is 530 g/mol. The van der Waals surface area contributed by atoms with E-state index in [1.165, 1.54) is 141 Å². The topological polar surface area (TPSA) is 57.2 Å². The number of benzene rings is 1. The van der Waals surface area contributed by atoms with Crippen LogP contribution in [-0.4, -0.2) is 13.0 Å². The molecule has 0 bridgehead atoms. The quantitative estimate of drug-likeness (QED) is 0.0817. The maximum absolute atomic E-state index is 11.2. The summed E-state index contributed by atoms with van der Waals surface area (Å²) in [7, 11) is -4.36. The van der Waals surface area contributed by atoms with E-state index in [9.17, 15) is 13.0 Å². The van der Waals surface area contributed by atoms with Gasteiger partial charge in [-0.25, -0.2) is 8.42 Å². The van der Waals surface area contributed by atoms with Gasteiger partial charge >= 0.3 is 29.6 Å². The fraction of sp³-hybridized carbons (Fsp3) is 0.806. The van der Waals surface area contributed by atoms with Crippen LogP contribution in [0.2, 0.25) is 0 Å². The van der Waals surface area contributed by atoms with Gasteiger partial charge in [-0.2, -0.15) is 0 Å². The second kappa shape index (κ2) is 24.2. The van der Waals surface area contributed by atoms with Crippen LogP contribution in [0.5, 0.6) is 0 Å². The van der Waals surface area contributed by atoms with Crippen molar-refractivity contribution in [1.82, 2.24) is 0 Å². The molecule has 0 unspecified atom stereocenters.